The van der Waals surface area contributed by atoms with Gasteiger partial charge in [-0.05, 0) is 23.8 Å². The molecule has 0 spiro atoms. The molecule has 0 aliphatic rings. The third kappa shape index (κ3) is 3.38. The fraction of sp³-hybridized carbons (Fsp3) is 0.0500. The van der Waals surface area contributed by atoms with Gasteiger partial charge >= 0.3 is 0 Å². The molecule has 0 fully saturated rings. The third-order valence-electron chi connectivity index (χ3n) is 4.02. The van der Waals surface area contributed by atoms with Crippen molar-refractivity contribution in [2.75, 3.05) is 0 Å². The minimum Gasteiger partial charge on any atom is -0.507 e. The van der Waals surface area contributed by atoms with Crippen LogP contribution in [0.3, 0.4) is 0 Å². The molecule has 0 saturated heterocycles. The molecule has 0 heterocycles. The normalized spacial score (nSPS) is 11.5. The number of allylic oxidation sites excluding steroid dienone is 1. The van der Waals surface area contributed by atoms with Crippen molar-refractivity contribution in [2.45, 2.75) is 6.61 Å². The number of rotatable bonds is 5. The maximum Gasteiger partial charge on any atom is 0.151 e. The average molecular weight is 346 g/mol. The van der Waals surface area contributed by atoms with Crippen molar-refractivity contribution < 1.29 is 9.84 Å². The van der Waals surface area contributed by atoms with Crippen LogP contribution in [0.1, 0.15) is 11.1 Å². The van der Waals surface area contributed by atoms with E-state index < -0.39 is 0 Å². The highest BCUT2D eigenvalue weighted by Crippen LogP contribution is 2.31. The van der Waals surface area contributed by atoms with Crippen LogP contribution < -0.4 is 21.7 Å². The molecule has 0 unspecified atom stereocenters. The fourth-order valence-corrected chi connectivity index (χ4v) is 2.69. The standard InChI is InChI=1S/C20H18N4O2/c21-11-17(24-23)20(22)14-5-1-4-13(10-14)12-26-19-9-3-6-15-16(19)7-2-8-18(15)25/h1-10,24-25H,12,22-23H2/b20-17-. The van der Waals surface area contributed by atoms with Gasteiger partial charge in [-0.25, -0.2) is 5.84 Å². The first-order valence-corrected chi connectivity index (χ1v) is 7.93. The Balaban J connectivity index is 1.86. The summed E-state index contributed by atoms with van der Waals surface area (Å²) in [6.45, 7) is 0.313. The first kappa shape index (κ1) is 17.1. The summed E-state index contributed by atoms with van der Waals surface area (Å²) in [6.07, 6.45) is 0. The van der Waals surface area contributed by atoms with Gasteiger partial charge in [0.1, 0.15) is 24.2 Å². The Morgan fingerprint density at radius 2 is 1.81 bits per heavy atom. The largest absolute Gasteiger partial charge is 0.507 e. The summed E-state index contributed by atoms with van der Waals surface area (Å²) in [5.74, 6) is 6.19. The van der Waals surface area contributed by atoms with Crippen molar-refractivity contribution in [3.8, 4) is 17.6 Å². The van der Waals surface area contributed by atoms with Crippen LogP contribution >= 0.6 is 0 Å². The average Bonchev–Trinajstić information content (AvgIpc) is 2.68. The second-order valence-electron chi connectivity index (χ2n) is 5.66. The maximum atomic E-state index is 9.96. The van der Waals surface area contributed by atoms with Crippen LogP contribution in [0.4, 0.5) is 0 Å². The Morgan fingerprint density at radius 3 is 2.58 bits per heavy atom. The minimum atomic E-state index is 0.104. The third-order valence-corrected chi connectivity index (χ3v) is 4.02. The predicted octanol–water partition coefficient (Wildman–Crippen LogP) is 2.74. The first-order valence-electron chi connectivity index (χ1n) is 7.93. The van der Waals surface area contributed by atoms with Gasteiger partial charge < -0.3 is 21.0 Å². The molecule has 3 rings (SSSR count). The molecule has 0 atom stereocenters. The van der Waals surface area contributed by atoms with E-state index in [2.05, 4.69) is 5.43 Å². The molecular formula is C20H18N4O2. The van der Waals surface area contributed by atoms with Crippen LogP contribution in [0, 0.1) is 11.3 Å². The highest BCUT2D eigenvalue weighted by Gasteiger charge is 2.08. The Labute approximate surface area is 150 Å². The number of hydrazine groups is 1. The van der Waals surface area contributed by atoms with Gasteiger partial charge in [-0.15, -0.1) is 0 Å². The molecule has 6 heteroatoms. The van der Waals surface area contributed by atoms with E-state index in [4.69, 9.17) is 21.6 Å². The van der Waals surface area contributed by atoms with E-state index >= 15 is 0 Å². The summed E-state index contributed by atoms with van der Waals surface area (Å²) in [7, 11) is 0. The Hall–Kier alpha value is -3.69. The van der Waals surface area contributed by atoms with Crippen LogP contribution in [-0.4, -0.2) is 5.11 Å². The molecule has 0 amide bonds. The van der Waals surface area contributed by atoms with E-state index in [0.29, 0.717) is 17.9 Å². The lowest BCUT2D eigenvalue weighted by Gasteiger charge is -2.11. The number of aromatic hydroxyl groups is 1. The van der Waals surface area contributed by atoms with Crippen LogP contribution in [0.5, 0.6) is 11.5 Å². The fourth-order valence-electron chi connectivity index (χ4n) is 2.69. The lowest BCUT2D eigenvalue weighted by Crippen LogP contribution is -2.23. The number of phenolic OH excluding ortho intramolecular Hbond substituents is 1. The number of phenols is 1. The van der Waals surface area contributed by atoms with E-state index in [-0.39, 0.29) is 17.1 Å². The predicted molar refractivity (Wildman–Crippen MR) is 100 cm³/mol. The van der Waals surface area contributed by atoms with E-state index in [1.54, 1.807) is 18.2 Å². The van der Waals surface area contributed by atoms with E-state index in [1.165, 1.54) is 0 Å². The number of nitrogens with one attached hydrogen (secondary N) is 1. The van der Waals surface area contributed by atoms with Gasteiger partial charge in [0.2, 0.25) is 0 Å². The highest BCUT2D eigenvalue weighted by molar-refractivity contribution is 5.92. The Morgan fingerprint density at radius 1 is 1.08 bits per heavy atom. The lowest BCUT2D eigenvalue weighted by molar-refractivity contribution is 0.310. The van der Waals surface area contributed by atoms with E-state index in [9.17, 15) is 5.11 Å². The Kier molecular flexibility index (Phi) is 4.92. The molecule has 0 aliphatic heterocycles. The number of nitrogens with two attached hydrogens (primary N) is 2. The van der Waals surface area contributed by atoms with E-state index in [1.807, 2.05) is 48.5 Å². The smallest absolute Gasteiger partial charge is 0.151 e. The Bertz CT molecular complexity index is 1020. The zero-order valence-electron chi connectivity index (χ0n) is 13.9. The van der Waals surface area contributed by atoms with Crippen molar-refractivity contribution >= 4 is 16.5 Å². The van der Waals surface area contributed by atoms with Gasteiger partial charge in [0, 0.05) is 16.3 Å². The number of hydrogen-bond donors (Lipinski definition) is 4. The van der Waals surface area contributed by atoms with Crippen LogP contribution in [0.25, 0.3) is 16.5 Å². The number of hydrogen-bond acceptors (Lipinski definition) is 6. The van der Waals surface area contributed by atoms with Crippen molar-refractivity contribution in [3.05, 3.63) is 77.5 Å². The molecule has 0 radical (unpaired) electrons. The van der Waals surface area contributed by atoms with Crippen LogP contribution in [-0.2, 0) is 6.61 Å². The molecule has 0 saturated carbocycles. The van der Waals surface area contributed by atoms with Crippen molar-refractivity contribution in [2.24, 2.45) is 11.6 Å². The van der Waals surface area contributed by atoms with Gasteiger partial charge in [-0.1, -0.05) is 42.5 Å². The molecule has 0 aromatic heterocycles. The second kappa shape index (κ2) is 7.47. The lowest BCUT2D eigenvalue weighted by atomic mass is 10.1. The molecule has 6 nitrogen and oxygen atoms in total. The molecule has 6 N–H and O–H groups in total. The van der Waals surface area contributed by atoms with Crippen molar-refractivity contribution in [3.63, 3.8) is 0 Å². The van der Waals surface area contributed by atoms with Crippen LogP contribution in [0.15, 0.2) is 66.4 Å². The van der Waals surface area contributed by atoms with E-state index in [0.717, 1.165) is 16.3 Å². The van der Waals surface area contributed by atoms with Crippen molar-refractivity contribution in [1.29, 1.82) is 5.26 Å². The van der Waals surface area contributed by atoms with Gasteiger partial charge in [-0.2, -0.15) is 5.26 Å². The monoisotopic (exact) mass is 346 g/mol. The van der Waals surface area contributed by atoms with Gasteiger partial charge in [0.25, 0.3) is 0 Å². The molecular weight excluding hydrogens is 328 g/mol. The minimum absolute atomic E-state index is 0.104. The SMILES string of the molecule is N#C/C(NN)=C(/N)c1cccc(COc2cccc3c(O)cccc23)c1. The quantitative estimate of drug-likeness (QED) is 0.320. The topological polar surface area (TPSA) is 117 Å². The summed E-state index contributed by atoms with van der Waals surface area (Å²) in [5.41, 5.74) is 10.2. The second-order valence-corrected chi connectivity index (χ2v) is 5.66. The van der Waals surface area contributed by atoms with Gasteiger partial charge in [-0.3, -0.25) is 0 Å². The summed E-state index contributed by atoms with van der Waals surface area (Å²) in [4.78, 5) is 0. The first-order chi connectivity index (χ1) is 12.6. The summed E-state index contributed by atoms with van der Waals surface area (Å²) in [6, 6.07) is 20.1. The number of fused-ring (bicyclic) bond motifs is 1. The van der Waals surface area contributed by atoms with Gasteiger partial charge in [0.15, 0.2) is 5.70 Å². The number of benzene rings is 3. The molecule has 3 aromatic carbocycles. The molecule has 0 aliphatic carbocycles. The number of nitrogens with zero attached hydrogens (tertiary/aromatic N) is 1. The number of ether oxygens (including phenoxy) is 1. The summed E-state index contributed by atoms with van der Waals surface area (Å²) < 4.78 is 5.93. The number of nitriles is 1. The zero-order chi connectivity index (χ0) is 18.5. The van der Waals surface area contributed by atoms with Gasteiger partial charge in [0.05, 0.1) is 5.70 Å². The maximum absolute atomic E-state index is 9.96. The molecule has 0 bridgehead atoms. The summed E-state index contributed by atoms with van der Waals surface area (Å²) in [5, 5.41) is 20.6. The molecule has 3 aromatic rings. The summed E-state index contributed by atoms with van der Waals surface area (Å²) >= 11 is 0. The van der Waals surface area contributed by atoms with Crippen molar-refractivity contribution in [1.82, 2.24) is 5.43 Å². The zero-order valence-corrected chi connectivity index (χ0v) is 13.9. The molecule has 26 heavy (non-hydrogen) atoms. The van der Waals surface area contributed by atoms with Crippen LogP contribution in [0.2, 0.25) is 0 Å². The molecule has 130 valence electrons. The highest BCUT2D eigenvalue weighted by atomic mass is 16.5.